The lowest BCUT2D eigenvalue weighted by atomic mass is 10.2. The fourth-order valence-electron chi connectivity index (χ4n) is 2.53. The molecule has 1 fully saturated rings. The summed E-state index contributed by atoms with van der Waals surface area (Å²) in [5, 5.41) is 2.96. The SMILES string of the molecule is CC(C)n1cc(S(=O)(=O)Cl)cc1C(=O)NC1CCCC1. The van der Waals surface area contributed by atoms with Gasteiger partial charge in [0.05, 0.1) is 0 Å². The van der Waals surface area contributed by atoms with E-state index in [1.165, 1.54) is 12.3 Å². The number of hydrogen-bond acceptors (Lipinski definition) is 3. The first kappa shape index (κ1) is 15.4. The lowest BCUT2D eigenvalue weighted by Gasteiger charge is -2.15. The van der Waals surface area contributed by atoms with Crippen molar-refractivity contribution in [3.63, 3.8) is 0 Å². The number of hydrogen-bond donors (Lipinski definition) is 1. The van der Waals surface area contributed by atoms with Gasteiger partial charge in [-0.15, -0.1) is 0 Å². The molecule has 1 heterocycles. The first-order valence-electron chi connectivity index (χ1n) is 6.76. The van der Waals surface area contributed by atoms with Crippen molar-refractivity contribution in [2.75, 3.05) is 0 Å². The van der Waals surface area contributed by atoms with Gasteiger partial charge in [-0.1, -0.05) is 12.8 Å². The number of carbonyl (C=O) groups excluding carboxylic acids is 1. The Morgan fingerprint density at radius 3 is 2.50 bits per heavy atom. The molecule has 0 radical (unpaired) electrons. The summed E-state index contributed by atoms with van der Waals surface area (Å²) >= 11 is 0. The molecule has 1 aromatic rings. The zero-order chi connectivity index (χ0) is 14.9. The van der Waals surface area contributed by atoms with Gasteiger partial charge in [-0.3, -0.25) is 4.79 Å². The molecule has 1 aliphatic rings. The molecule has 7 heteroatoms. The Labute approximate surface area is 123 Å². The lowest BCUT2D eigenvalue weighted by Crippen LogP contribution is -2.34. The number of aromatic nitrogens is 1. The molecule has 1 saturated carbocycles. The quantitative estimate of drug-likeness (QED) is 0.868. The highest BCUT2D eigenvalue weighted by Crippen LogP contribution is 2.23. The lowest BCUT2D eigenvalue weighted by molar-refractivity contribution is 0.0927. The van der Waals surface area contributed by atoms with Crippen molar-refractivity contribution in [2.24, 2.45) is 0 Å². The van der Waals surface area contributed by atoms with Crippen molar-refractivity contribution in [1.29, 1.82) is 0 Å². The minimum atomic E-state index is -3.83. The topological polar surface area (TPSA) is 68.2 Å². The summed E-state index contributed by atoms with van der Waals surface area (Å²) in [5.74, 6) is -0.239. The largest absolute Gasteiger partial charge is 0.348 e. The first-order chi connectivity index (χ1) is 9.29. The molecule has 0 aromatic carbocycles. The van der Waals surface area contributed by atoms with Gasteiger partial charge in [0.2, 0.25) is 0 Å². The number of rotatable bonds is 4. The van der Waals surface area contributed by atoms with E-state index in [1.807, 2.05) is 13.8 Å². The number of nitrogens with one attached hydrogen (secondary N) is 1. The van der Waals surface area contributed by atoms with Crippen molar-refractivity contribution in [3.05, 3.63) is 18.0 Å². The number of amides is 1. The van der Waals surface area contributed by atoms with E-state index in [2.05, 4.69) is 5.32 Å². The second-order valence-electron chi connectivity index (χ2n) is 5.45. The van der Waals surface area contributed by atoms with E-state index in [0.717, 1.165) is 25.7 Å². The van der Waals surface area contributed by atoms with Crippen LogP contribution in [0.4, 0.5) is 0 Å². The van der Waals surface area contributed by atoms with E-state index < -0.39 is 9.05 Å². The molecule has 112 valence electrons. The maximum absolute atomic E-state index is 12.3. The second kappa shape index (κ2) is 5.77. The van der Waals surface area contributed by atoms with E-state index in [0.29, 0.717) is 5.69 Å². The molecule has 1 aromatic heterocycles. The predicted octanol–water partition coefficient (Wildman–Crippen LogP) is 2.67. The van der Waals surface area contributed by atoms with Crippen LogP contribution in [0.3, 0.4) is 0 Å². The third-order valence-corrected chi connectivity index (χ3v) is 4.91. The summed E-state index contributed by atoms with van der Waals surface area (Å²) in [6.45, 7) is 3.77. The van der Waals surface area contributed by atoms with E-state index in [4.69, 9.17) is 10.7 Å². The first-order valence-corrected chi connectivity index (χ1v) is 9.07. The Bertz CT molecular complexity index is 601. The Morgan fingerprint density at radius 1 is 1.40 bits per heavy atom. The van der Waals surface area contributed by atoms with Gasteiger partial charge in [-0.05, 0) is 32.8 Å². The normalized spacial score (nSPS) is 16.8. The molecule has 0 spiro atoms. The molecule has 5 nitrogen and oxygen atoms in total. The molecule has 0 saturated heterocycles. The maximum atomic E-state index is 12.3. The van der Waals surface area contributed by atoms with E-state index in [9.17, 15) is 13.2 Å². The molecule has 1 N–H and O–H groups in total. The Hall–Kier alpha value is -1.01. The maximum Gasteiger partial charge on any atom is 0.268 e. The fourth-order valence-corrected chi connectivity index (χ4v) is 3.27. The summed E-state index contributed by atoms with van der Waals surface area (Å²) in [5.41, 5.74) is 0.339. The van der Waals surface area contributed by atoms with Gasteiger partial charge < -0.3 is 9.88 Å². The zero-order valence-corrected chi connectivity index (χ0v) is 13.2. The number of nitrogens with zero attached hydrogens (tertiary/aromatic N) is 1. The minimum absolute atomic E-state index is 0.0218. The van der Waals surface area contributed by atoms with Crippen molar-refractivity contribution in [3.8, 4) is 0 Å². The van der Waals surface area contributed by atoms with Crippen LogP contribution in [0.1, 0.15) is 56.1 Å². The van der Waals surface area contributed by atoms with Gasteiger partial charge in [0.25, 0.3) is 15.0 Å². The molecule has 20 heavy (non-hydrogen) atoms. The summed E-state index contributed by atoms with van der Waals surface area (Å²) < 4.78 is 24.5. The van der Waals surface area contributed by atoms with Gasteiger partial charge in [-0.25, -0.2) is 8.42 Å². The van der Waals surface area contributed by atoms with Crippen LogP contribution in [0.2, 0.25) is 0 Å². The average molecular weight is 319 g/mol. The highest BCUT2D eigenvalue weighted by Gasteiger charge is 2.24. The Morgan fingerprint density at radius 2 is 2.00 bits per heavy atom. The third kappa shape index (κ3) is 3.35. The van der Waals surface area contributed by atoms with Gasteiger partial charge in [-0.2, -0.15) is 0 Å². The van der Waals surface area contributed by atoms with Crippen molar-refractivity contribution in [1.82, 2.24) is 9.88 Å². The van der Waals surface area contributed by atoms with Gasteiger partial charge in [0.1, 0.15) is 10.6 Å². The smallest absolute Gasteiger partial charge is 0.268 e. The number of halogens is 1. The average Bonchev–Trinajstić information content (AvgIpc) is 2.95. The molecular weight excluding hydrogens is 300 g/mol. The van der Waals surface area contributed by atoms with Gasteiger partial charge >= 0.3 is 0 Å². The van der Waals surface area contributed by atoms with Gasteiger partial charge in [0, 0.05) is 29.0 Å². The monoisotopic (exact) mass is 318 g/mol. The molecule has 2 rings (SSSR count). The molecule has 0 bridgehead atoms. The number of carbonyl (C=O) groups is 1. The predicted molar refractivity (Wildman–Crippen MR) is 77.6 cm³/mol. The minimum Gasteiger partial charge on any atom is -0.348 e. The van der Waals surface area contributed by atoms with Crippen LogP contribution >= 0.6 is 10.7 Å². The van der Waals surface area contributed by atoms with E-state index in [-0.39, 0.29) is 22.9 Å². The van der Waals surface area contributed by atoms with Crippen LogP contribution in [0.25, 0.3) is 0 Å². The Balaban J connectivity index is 2.29. The standard InChI is InChI=1S/C13H19ClN2O3S/c1-9(2)16-8-11(20(14,18)19)7-12(16)13(17)15-10-5-3-4-6-10/h7-10H,3-6H2,1-2H3,(H,15,17). The van der Waals surface area contributed by atoms with Gasteiger partial charge in [0.15, 0.2) is 0 Å². The second-order valence-corrected chi connectivity index (χ2v) is 8.02. The fraction of sp³-hybridized carbons (Fsp3) is 0.615. The van der Waals surface area contributed by atoms with E-state index >= 15 is 0 Å². The molecule has 0 unspecified atom stereocenters. The van der Waals surface area contributed by atoms with Crippen LogP contribution in [0.5, 0.6) is 0 Å². The highest BCUT2D eigenvalue weighted by atomic mass is 35.7. The summed E-state index contributed by atoms with van der Waals surface area (Å²) in [4.78, 5) is 12.3. The third-order valence-electron chi connectivity index (χ3n) is 3.58. The zero-order valence-electron chi connectivity index (χ0n) is 11.6. The molecule has 0 atom stereocenters. The van der Waals surface area contributed by atoms with Crippen LogP contribution in [-0.4, -0.2) is 24.9 Å². The Kier molecular flexibility index (Phi) is 4.44. The van der Waals surface area contributed by atoms with Crippen molar-refractivity contribution < 1.29 is 13.2 Å². The summed E-state index contributed by atoms with van der Waals surface area (Å²) in [7, 11) is 1.52. The van der Waals surface area contributed by atoms with Crippen LogP contribution in [0.15, 0.2) is 17.2 Å². The van der Waals surface area contributed by atoms with Crippen molar-refractivity contribution in [2.45, 2.75) is 56.5 Å². The molecular formula is C13H19ClN2O3S. The molecule has 1 aliphatic carbocycles. The van der Waals surface area contributed by atoms with Crippen LogP contribution in [0, 0.1) is 0 Å². The molecule has 1 amide bonds. The van der Waals surface area contributed by atoms with Crippen LogP contribution in [-0.2, 0) is 9.05 Å². The van der Waals surface area contributed by atoms with E-state index in [1.54, 1.807) is 4.57 Å². The molecule has 0 aliphatic heterocycles. The summed E-state index contributed by atoms with van der Waals surface area (Å²) in [6, 6.07) is 1.51. The van der Waals surface area contributed by atoms with Crippen molar-refractivity contribution >= 4 is 25.6 Å². The summed E-state index contributed by atoms with van der Waals surface area (Å²) in [6.07, 6.45) is 5.62. The highest BCUT2D eigenvalue weighted by molar-refractivity contribution is 8.13. The van der Waals surface area contributed by atoms with Crippen LogP contribution < -0.4 is 5.32 Å².